The Bertz CT molecular complexity index is 379. The molecule has 0 bridgehead atoms. The highest BCUT2D eigenvalue weighted by Gasteiger charge is 2.49. The summed E-state index contributed by atoms with van der Waals surface area (Å²) in [5.74, 6) is 0.501. The van der Waals surface area contributed by atoms with Crippen LogP contribution in [-0.2, 0) is 19.1 Å². The molecule has 4 heteroatoms. The van der Waals surface area contributed by atoms with E-state index in [9.17, 15) is 9.59 Å². The SMILES string of the molecule is COC(=O)CCC1C(OC(C)=O)CCC2(C)CCC[C@@H]12. The first kappa shape index (κ1) is 15.3. The standard InChI is InChI=1S/C16H26O4/c1-11(17)20-14-8-10-16(2)9-4-5-13(16)12(14)6-7-15(18)19-3/h12-14H,4-10H2,1-3H3/t12?,13-,14?,16?/m0/s1. The van der Waals surface area contributed by atoms with E-state index in [0.717, 1.165) is 19.3 Å². The zero-order valence-corrected chi connectivity index (χ0v) is 12.8. The van der Waals surface area contributed by atoms with Crippen LogP contribution in [0.2, 0.25) is 0 Å². The third-order valence-corrected chi connectivity index (χ3v) is 5.38. The molecule has 0 heterocycles. The first-order valence-corrected chi connectivity index (χ1v) is 7.70. The van der Waals surface area contributed by atoms with Gasteiger partial charge in [0.05, 0.1) is 7.11 Å². The van der Waals surface area contributed by atoms with Crippen molar-refractivity contribution < 1.29 is 19.1 Å². The van der Waals surface area contributed by atoms with Crippen LogP contribution in [0.5, 0.6) is 0 Å². The van der Waals surface area contributed by atoms with E-state index in [1.807, 2.05) is 0 Å². The maximum atomic E-state index is 11.4. The number of carbonyl (C=O) groups is 2. The normalized spacial score (nSPS) is 36.2. The van der Waals surface area contributed by atoms with Crippen molar-refractivity contribution in [3.8, 4) is 0 Å². The first-order chi connectivity index (χ1) is 9.46. The quantitative estimate of drug-likeness (QED) is 0.744. The van der Waals surface area contributed by atoms with Gasteiger partial charge in [0.1, 0.15) is 6.10 Å². The summed E-state index contributed by atoms with van der Waals surface area (Å²) in [6.07, 6.45) is 6.94. The first-order valence-electron chi connectivity index (χ1n) is 7.70. The minimum atomic E-state index is -0.209. The molecule has 2 rings (SSSR count). The van der Waals surface area contributed by atoms with E-state index in [2.05, 4.69) is 6.92 Å². The summed E-state index contributed by atoms with van der Waals surface area (Å²) in [5.41, 5.74) is 0.372. The Morgan fingerprint density at radius 1 is 1.25 bits per heavy atom. The molecule has 3 unspecified atom stereocenters. The Hall–Kier alpha value is -1.06. The molecule has 2 aliphatic rings. The molecule has 0 aromatic rings. The number of fused-ring (bicyclic) bond motifs is 1. The number of ether oxygens (including phenoxy) is 2. The third kappa shape index (κ3) is 3.15. The summed E-state index contributed by atoms with van der Waals surface area (Å²) < 4.78 is 10.3. The molecule has 2 aliphatic carbocycles. The second-order valence-electron chi connectivity index (χ2n) is 6.62. The molecule has 0 saturated heterocycles. The summed E-state index contributed by atoms with van der Waals surface area (Å²) in [4.78, 5) is 22.7. The van der Waals surface area contributed by atoms with Gasteiger partial charge in [0, 0.05) is 13.3 Å². The molecular weight excluding hydrogens is 256 g/mol. The topological polar surface area (TPSA) is 52.6 Å². The number of methoxy groups -OCH3 is 1. The molecular formula is C16H26O4. The molecule has 0 aromatic carbocycles. The average molecular weight is 282 g/mol. The lowest BCUT2D eigenvalue weighted by Gasteiger charge is -2.45. The molecule has 4 nitrogen and oxygen atoms in total. The summed E-state index contributed by atoms with van der Waals surface area (Å²) >= 11 is 0. The Labute approximate surface area is 121 Å². The van der Waals surface area contributed by atoms with Gasteiger partial charge in [-0.1, -0.05) is 13.3 Å². The van der Waals surface area contributed by atoms with Crippen LogP contribution in [0.15, 0.2) is 0 Å². The molecule has 2 saturated carbocycles. The molecule has 2 fully saturated rings. The lowest BCUT2D eigenvalue weighted by molar-refractivity contribution is -0.156. The van der Waals surface area contributed by atoms with Crippen molar-refractivity contribution >= 4 is 11.9 Å². The average Bonchev–Trinajstić information content (AvgIpc) is 2.78. The fourth-order valence-electron chi connectivity index (χ4n) is 4.38. The number of rotatable bonds is 4. The van der Waals surface area contributed by atoms with Gasteiger partial charge in [-0.05, 0) is 49.4 Å². The lowest BCUT2D eigenvalue weighted by atomic mass is 9.62. The smallest absolute Gasteiger partial charge is 0.305 e. The van der Waals surface area contributed by atoms with Gasteiger partial charge in [-0.2, -0.15) is 0 Å². The zero-order chi connectivity index (χ0) is 14.8. The monoisotopic (exact) mass is 282 g/mol. The minimum absolute atomic E-state index is 0.0201. The molecule has 4 atom stereocenters. The van der Waals surface area contributed by atoms with Crippen LogP contribution < -0.4 is 0 Å². The molecule has 0 N–H and O–H groups in total. The second-order valence-corrected chi connectivity index (χ2v) is 6.62. The maximum absolute atomic E-state index is 11.4. The number of carbonyl (C=O) groups excluding carboxylic acids is 2. The van der Waals surface area contributed by atoms with Gasteiger partial charge in [-0.15, -0.1) is 0 Å². The van der Waals surface area contributed by atoms with Gasteiger partial charge in [0.15, 0.2) is 0 Å². The third-order valence-electron chi connectivity index (χ3n) is 5.38. The molecule has 0 amide bonds. The predicted molar refractivity (Wildman–Crippen MR) is 75.0 cm³/mol. The largest absolute Gasteiger partial charge is 0.469 e. The van der Waals surface area contributed by atoms with E-state index in [0.29, 0.717) is 23.7 Å². The van der Waals surface area contributed by atoms with Crippen LogP contribution in [0.3, 0.4) is 0 Å². The van der Waals surface area contributed by atoms with E-state index >= 15 is 0 Å². The molecule has 0 aromatic heterocycles. The van der Waals surface area contributed by atoms with Crippen LogP contribution in [0, 0.1) is 17.3 Å². The zero-order valence-electron chi connectivity index (χ0n) is 12.8. The van der Waals surface area contributed by atoms with Gasteiger partial charge in [-0.3, -0.25) is 9.59 Å². The van der Waals surface area contributed by atoms with E-state index in [-0.39, 0.29) is 18.0 Å². The Morgan fingerprint density at radius 2 is 2.00 bits per heavy atom. The van der Waals surface area contributed by atoms with Gasteiger partial charge >= 0.3 is 11.9 Å². The van der Waals surface area contributed by atoms with Crippen molar-refractivity contribution in [1.82, 2.24) is 0 Å². The van der Waals surface area contributed by atoms with E-state index in [1.165, 1.54) is 33.3 Å². The molecule has 20 heavy (non-hydrogen) atoms. The van der Waals surface area contributed by atoms with Crippen molar-refractivity contribution in [3.05, 3.63) is 0 Å². The molecule has 0 radical (unpaired) electrons. The van der Waals surface area contributed by atoms with Crippen LogP contribution >= 0.6 is 0 Å². The second kappa shape index (κ2) is 6.15. The number of esters is 2. The van der Waals surface area contributed by atoms with Crippen molar-refractivity contribution in [2.75, 3.05) is 7.11 Å². The fraction of sp³-hybridized carbons (Fsp3) is 0.875. The van der Waals surface area contributed by atoms with Crippen molar-refractivity contribution in [2.24, 2.45) is 17.3 Å². The highest BCUT2D eigenvalue weighted by Crippen LogP contribution is 2.55. The maximum Gasteiger partial charge on any atom is 0.305 e. The Balaban J connectivity index is 2.08. The van der Waals surface area contributed by atoms with Crippen LogP contribution in [0.25, 0.3) is 0 Å². The van der Waals surface area contributed by atoms with Gasteiger partial charge in [-0.25, -0.2) is 0 Å². The molecule has 0 spiro atoms. The van der Waals surface area contributed by atoms with Gasteiger partial charge < -0.3 is 9.47 Å². The fourth-order valence-corrected chi connectivity index (χ4v) is 4.38. The van der Waals surface area contributed by atoms with E-state index in [4.69, 9.17) is 9.47 Å². The summed E-state index contributed by atoms with van der Waals surface area (Å²) in [6, 6.07) is 0. The van der Waals surface area contributed by atoms with Gasteiger partial charge in [0.25, 0.3) is 0 Å². The highest BCUT2D eigenvalue weighted by molar-refractivity contribution is 5.69. The predicted octanol–water partition coefficient (Wildman–Crippen LogP) is 3.09. The van der Waals surface area contributed by atoms with Crippen molar-refractivity contribution in [3.63, 3.8) is 0 Å². The highest BCUT2D eigenvalue weighted by atomic mass is 16.5. The summed E-state index contributed by atoms with van der Waals surface area (Å²) in [5, 5.41) is 0. The van der Waals surface area contributed by atoms with Crippen LogP contribution in [0.1, 0.15) is 58.8 Å². The molecule has 0 aliphatic heterocycles. The summed E-state index contributed by atoms with van der Waals surface area (Å²) in [7, 11) is 1.42. The minimum Gasteiger partial charge on any atom is -0.469 e. The Kier molecular flexibility index (Phi) is 4.71. The van der Waals surface area contributed by atoms with E-state index < -0.39 is 0 Å². The van der Waals surface area contributed by atoms with E-state index in [1.54, 1.807) is 0 Å². The Morgan fingerprint density at radius 3 is 2.65 bits per heavy atom. The van der Waals surface area contributed by atoms with Crippen LogP contribution in [-0.4, -0.2) is 25.2 Å². The lowest BCUT2D eigenvalue weighted by Crippen LogP contribution is -2.43. The van der Waals surface area contributed by atoms with Gasteiger partial charge in [0.2, 0.25) is 0 Å². The summed E-state index contributed by atoms with van der Waals surface area (Å²) in [6.45, 7) is 3.83. The number of hydrogen-bond acceptors (Lipinski definition) is 4. The van der Waals surface area contributed by atoms with Crippen molar-refractivity contribution in [2.45, 2.75) is 64.9 Å². The van der Waals surface area contributed by atoms with Crippen LogP contribution in [0.4, 0.5) is 0 Å². The number of hydrogen-bond donors (Lipinski definition) is 0. The molecule has 114 valence electrons. The van der Waals surface area contributed by atoms with Crippen molar-refractivity contribution in [1.29, 1.82) is 0 Å².